The van der Waals surface area contributed by atoms with Crippen LogP contribution in [0.25, 0.3) is 0 Å². The predicted octanol–water partition coefficient (Wildman–Crippen LogP) is 1.05. The lowest BCUT2D eigenvalue weighted by molar-refractivity contribution is 0.387. The molecule has 1 aliphatic rings. The summed E-state index contributed by atoms with van der Waals surface area (Å²) in [6.07, 6.45) is 4.89. The molecule has 0 aromatic heterocycles. The van der Waals surface area contributed by atoms with Gasteiger partial charge >= 0.3 is 0 Å². The van der Waals surface area contributed by atoms with Crippen LogP contribution in [0, 0.1) is 5.92 Å². The van der Waals surface area contributed by atoms with Crippen molar-refractivity contribution in [1.29, 1.82) is 0 Å². The van der Waals surface area contributed by atoms with Gasteiger partial charge in [0, 0.05) is 20.1 Å². The first-order valence-corrected chi connectivity index (χ1v) is 7.82. The van der Waals surface area contributed by atoms with Crippen LogP contribution in [0.1, 0.15) is 32.6 Å². The molecular formula is C11H24N2O2S. The van der Waals surface area contributed by atoms with E-state index in [0.29, 0.717) is 19.0 Å². The Balaban J connectivity index is 2.35. The fourth-order valence-electron chi connectivity index (χ4n) is 2.20. The third kappa shape index (κ3) is 4.39. The molecule has 0 saturated heterocycles. The molecule has 4 nitrogen and oxygen atoms in total. The van der Waals surface area contributed by atoms with E-state index in [1.165, 1.54) is 25.7 Å². The van der Waals surface area contributed by atoms with Gasteiger partial charge in [0.25, 0.3) is 0 Å². The molecule has 0 unspecified atom stereocenters. The van der Waals surface area contributed by atoms with Crippen molar-refractivity contribution in [3.63, 3.8) is 0 Å². The molecule has 1 saturated carbocycles. The van der Waals surface area contributed by atoms with Gasteiger partial charge in [-0.15, -0.1) is 0 Å². The number of rotatable bonds is 7. The Hall–Kier alpha value is -0.130. The summed E-state index contributed by atoms with van der Waals surface area (Å²) in [6.45, 7) is 4.05. The predicted molar refractivity (Wildman–Crippen MR) is 66.9 cm³/mol. The maximum Gasteiger partial charge on any atom is 0.215 e. The lowest BCUT2D eigenvalue weighted by atomic mass is 10.1. The molecule has 0 radical (unpaired) electrons. The highest BCUT2D eigenvalue weighted by molar-refractivity contribution is 7.89. The Morgan fingerprint density at radius 3 is 2.50 bits per heavy atom. The molecule has 1 fully saturated rings. The minimum absolute atomic E-state index is 0.212. The number of hydrogen-bond acceptors (Lipinski definition) is 3. The van der Waals surface area contributed by atoms with Crippen molar-refractivity contribution >= 4 is 10.0 Å². The molecular weight excluding hydrogens is 224 g/mol. The Kier molecular flexibility index (Phi) is 5.72. The molecule has 0 spiro atoms. The quantitative estimate of drug-likeness (QED) is 0.685. The molecule has 0 amide bonds. The van der Waals surface area contributed by atoms with Gasteiger partial charge in [0.1, 0.15) is 0 Å². The van der Waals surface area contributed by atoms with Gasteiger partial charge in [-0.25, -0.2) is 12.7 Å². The lowest BCUT2D eigenvalue weighted by Crippen LogP contribution is -2.36. The third-order valence-electron chi connectivity index (χ3n) is 3.25. The van der Waals surface area contributed by atoms with Gasteiger partial charge in [-0.3, -0.25) is 0 Å². The van der Waals surface area contributed by atoms with Crippen molar-refractivity contribution < 1.29 is 8.42 Å². The van der Waals surface area contributed by atoms with Gasteiger partial charge in [0.15, 0.2) is 0 Å². The van der Waals surface area contributed by atoms with E-state index in [9.17, 15) is 8.42 Å². The second-order valence-electron chi connectivity index (χ2n) is 4.60. The standard InChI is InChI=1S/C11H24N2O2S/c1-3-12-8-9-16(14,15)13(2)10-11-6-4-5-7-11/h11-12H,3-10H2,1-2H3. The van der Waals surface area contributed by atoms with E-state index >= 15 is 0 Å². The molecule has 1 N–H and O–H groups in total. The summed E-state index contributed by atoms with van der Waals surface area (Å²) in [5, 5.41) is 3.05. The molecule has 5 heteroatoms. The average molecular weight is 248 g/mol. The van der Waals surface area contributed by atoms with E-state index in [2.05, 4.69) is 5.32 Å². The molecule has 0 atom stereocenters. The number of hydrogen-bond donors (Lipinski definition) is 1. The van der Waals surface area contributed by atoms with Gasteiger partial charge in [-0.05, 0) is 25.3 Å². The van der Waals surface area contributed by atoms with Gasteiger partial charge < -0.3 is 5.32 Å². The van der Waals surface area contributed by atoms with Crippen LogP contribution in [0.2, 0.25) is 0 Å². The lowest BCUT2D eigenvalue weighted by Gasteiger charge is -2.20. The van der Waals surface area contributed by atoms with Crippen LogP contribution in [0.4, 0.5) is 0 Å². The van der Waals surface area contributed by atoms with Gasteiger partial charge in [0.2, 0.25) is 10.0 Å². The number of nitrogens with one attached hydrogen (secondary N) is 1. The molecule has 0 aromatic carbocycles. The minimum Gasteiger partial charge on any atom is -0.316 e. The molecule has 16 heavy (non-hydrogen) atoms. The van der Waals surface area contributed by atoms with Crippen LogP contribution >= 0.6 is 0 Å². The largest absolute Gasteiger partial charge is 0.316 e. The third-order valence-corrected chi connectivity index (χ3v) is 5.07. The van der Waals surface area contributed by atoms with Crippen LogP contribution in [0.15, 0.2) is 0 Å². The van der Waals surface area contributed by atoms with Crippen molar-refractivity contribution in [3.05, 3.63) is 0 Å². The van der Waals surface area contributed by atoms with Gasteiger partial charge in [-0.1, -0.05) is 19.8 Å². The van der Waals surface area contributed by atoms with Crippen molar-refractivity contribution in [3.8, 4) is 0 Å². The zero-order chi connectivity index (χ0) is 12.0. The summed E-state index contributed by atoms with van der Waals surface area (Å²) in [4.78, 5) is 0. The summed E-state index contributed by atoms with van der Waals surface area (Å²) in [5.74, 6) is 0.795. The second-order valence-corrected chi connectivity index (χ2v) is 6.80. The maximum absolute atomic E-state index is 11.9. The highest BCUT2D eigenvalue weighted by Crippen LogP contribution is 2.25. The SMILES string of the molecule is CCNCCS(=O)(=O)N(C)CC1CCCC1. The summed E-state index contributed by atoms with van der Waals surface area (Å²) < 4.78 is 25.3. The van der Waals surface area contributed by atoms with Crippen molar-refractivity contribution in [2.75, 3.05) is 32.4 Å². The van der Waals surface area contributed by atoms with Crippen LogP contribution < -0.4 is 5.32 Å². The van der Waals surface area contributed by atoms with Crippen molar-refractivity contribution in [2.24, 2.45) is 5.92 Å². The fraction of sp³-hybridized carbons (Fsp3) is 1.00. The van der Waals surface area contributed by atoms with Crippen LogP contribution in [0.3, 0.4) is 0 Å². The Bertz CT molecular complexity index is 284. The fourth-order valence-corrected chi connectivity index (χ4v) is 3.36. The van der Waals surface area contributed by atoms with Crippen molar-refractivity contribution in [1.82, 2.24) is 9.62 Å². The first-order chi connectivity index (χ1) is 7.56. The first kappa shape index (κ1) is 13.9. The maximum atomic E-state index is 11.9. The van der Waals surface area contributed by atoms with E-state index in [4.69, 9.17) is 0 Å². The van der Waals surface area contributed by atoms with E-state index in [-0.39, 0.29) is 5.75 Å². The highest BCUT2D eigenvalue weighted by atomic mass is 32.2. The van der Waals surface area contributed by atoms with E-state index in [1.54, 1.807) is 11.4 Å². The van der Waals surface area contributed by atoms with Gasteiger partial charge in [-0.2, -0.15) is 0 Å². The summed E-state index contributed by atoms with van der Waals surface area (Å²) in [7, 11) is -1.34. The summed E-state index contributed by atoms with van der Waals surface area (Å²) in [6, 6.07) is 0. The second kappa shape index (κ2) is 6.57. The zero-order valence-corrected chi connectivity index (χ0v) is 11.2. The smallest absolute Gasteiger partial charge is 0.215 e. The van der Waals surface area contributed by atoms with E-state index in [0.717, 1.165) is 6.54 Å². The van der Waals surface area contributed by atoms with E-state index in [1.807, 2.05) is 6.92 Å². The van der Waals surface area contributed by atoms with Gasteiger partial charge in [0.05, 0.1) is 5.75 Å². The van der Waals surface area contributed by atoms with Crippen LogP contribution in [-0.2, 0) is 10.0 Å². The molecule has 1 rings (SSSR count). The minimum atomic E-state index is -3.05. The van der Waals surface area contributed by atoms with Crippen LogP contribution in [0.5, 0.6) is 0 Å². The number of nitrogens with zero attached hydrogens (tertiary/aromatic N) is 1. The average Bonchev–Trinajstić information content (AvgIpc) is 2.70. The monoisotopic (exact) mass is 248 g/mol. The van der Waals surface area contributed by atoms with E-state index < -0.39 is 10.0 Å². The molecule has 96 valence electrons. The first-order valence-electron chi connectivity index (χ1n) is 6.21. The Morgan fingerprint density at radius 2 is 1.94 bits per heavy atom. The normalized spacial score (nSPS) is 18.4. The molecule has 0 aliphatic heterocycles. The van der Waals surface area contributed by atoms with Crippen LogP contribution in [-0.4, -0.2) is 45.2 Å². The molecule has 0 bridgehead atoms. The summed E-state index contributed by atoms with van der Waals surface area (Å²) in [5.41, 5.74) is 0. The zero-order valence-electron chi connectivity index (χ0n) is 10.4. The topological polar surface area (TPSA) is 49.4 Å². The molecule has 1 aliphatic carbocycles. The van der Waals surface area contributed by atoms with Crippen molar-refractivity contribution in [2.45, 2.75) is 32.6 Å². The Labute approximate surface area is 99.5 Å². The molecule has 0 aromatic rings. The molecule has 0 heterocycles. The summed E-state index contributed by atoms with van der Waals surface area (Å²) >= 11 is 0. The highest BCUT2D eigenvalue weighted by Gasteiger charge is 2.23. The Morgan fingerprint density at radius 1 is 1.31 bits per heavy atom. The number of sulfonamides is 1.